The molecule has 2 aliphatic carbocycles. The first-order chi connectivity index (χ1) is 9.43. The van der Waals surface area contributed by atoms with Gasteiger partial charge in [0, 0.05) is 11.9 Å². The fraction of sp³-hybridized carbons (Fsp3) is 0.857. The molecule has 0 aromatic rings. The van der Waals surface area contributed by atoms with Gasteiger partial charge in [0.05, 0.1) is 0 Å². The SMILES string of the molecule is O=C([O-])C1CCCCC1[O-].O=C([O-])C1CCCCC1[O-].[Ba+2]. The van der Waals surface area contributed by atoms with Crippen LogP contribution >= 0.6 is 0 Å². The molecule has 0 aliphatic heterocycles. The fourth-order valence-corrected chi connectivity index (χ4v) is 2.73. The maximum absolute atomic E-state index is 10.9. The molecule has 6 nitrogen and oxygen atoms in total. The molecule has 0 saturated heterocycles. The van der Waals surface area contributed by atoms with Gasteiger partial charge in [0.15, 0.2) is 0 Å². The summed E-state index contributed by atoms with van der Waals surface area (Å²) in [6.07, 6.45) is 3.65. The van der Waals surface area contributed by atoms with Crippen molar-refractivity contribution in [2.24, 2.45) is 11.8 Å². The summed E-state index contributed by atoms with van der Waals surface area (Å²) in [4.78, 5) is 20.5. The first kappa shape index (κ1) is 21.4. The van der Waals surface area contributed by atoms with Gasteiger partial charge in [-0.25, -0.2) is 0 Å². The molecule has 2 fully saturated rings. The van der Waals surface area contributed by atoms with E-state index in [0.717, 1.165) is 25.7 Å². The Labute approximate surface area is 165 Å². The van der Waals surface area contributed by atoms with Crippen LogP contribution < -0.4 is 20.4 Å². The van der Waals surface area contributed by atoms with Gasteiger partial charge in [-0.1, -0.05) is 38.5 Å². The maximum Gasteiger partial charge on any atom is 2.00 e. The topological polar surface area (TPSA) is 126 Å². The van der Waals surface area contributed by atoms with Gasteiger partial charge in [0.1, 0.15) is 0 Å². The molecule has 0 bridgehead atoms. The summed E-state index contributed by atoms with van der Waals surface area (Å²) in [5, 5.41) is 42.3. The molecule has 0 spiro atoms. The zero-order valence-corrected chi connectivity index (χ0v) is 16.6. The van der Waals surface area contributed by atoms with E-state index in [1.54, 1.807) is 0 Å². The van der Waals surface area contributed by atoms with Crippen LogP contribution in [0.15, 0.2) is 0 Å². The molecule has 4 unspecified atom stereocenters. The third kappa shape index (κ3) is 7.50. The summed E-state index contributed by atoms with van der Waals surface area (Å²) in [6, 6.07) is 0. The van der Waals surface area contributed by atoms with Crippen molar-refractivity contribution in [1.82, 2.24) is 0 Å². The van der Waals surface area contributed by atoms with Gasteiger partial charge in [0.25, 0.3) is 0 Å². The molecule has 4 atom stereocenters. The minimum Gasteiger partial charge on any atom is -0.851 e. The molecule has 0 N–H and O–H groups in total. The standard InChI is InChI=1S/2C7H11O3.Ba/c2*8-6-4-2-1-3-5(6)7(9)10;/h2*5-6H,1-4H2,(H,9,10);/q2*-1;+2/p-2. The number of carbonyl (C=O) groups is 2. The maximum atomic E-state index is 10.9. The van der Waals surface area contributed by atoms with Crippen molar-refractivity contribution < 1.29 is 30.0 Å². The summed E-state index contributed by atoms with van der Waals surface area (Å²) >= 11 is 0. The monoisotopic (exact) mass is 422 g/mol. The largest absolute Gasteiger partial charge is 2.00 e. The second-order valence-electron chi connectivity index (χ2n) is 5.50. The van der Waals surface area contributed by atoms with Crippen LogP contribution in [0.1, 0.15) is 51.4 Å². The summed E-state index contributed by atoms with van der Waals surface area (Å²) in [6.45, 7) is 0. The predicted octanol–water partition coefficient (Wildman–Crippen LogP) is -3.07. The van der Waals surface area contributed by atoms with Gasteiger partial charge < -0.3 is 30.0 Å². The van der Waals surface area contributed by atoms with Gasteiger partial charge in [0.2, 0.25) is 0 Å². The number of hydrogen-bond donors (Lipinski definition) is 0. The number of carboxylic acids is 2. The fourth-order valence-electron chi connectivity index (χ4n) is 2.73. The van der Waals surface area contributed by atoms with Gasteiger partial charge in [-0.2, -0.15) is 0 Å². The van der Waals surface area contributed by atoms with Crippen LogP contribution in [0.3, 0.4) is 0 Å². The van der Waals surface area contributed by atoms with Crippen molar-refractivity contribution in [3.05, 3.63) is 0 Å². The van der Waals surface area contributed by atoms with E-state index in [-0.39, 0.29) is 48.9 Å². The number of hydrogen-bond acceptors (Lipinski definition) is 6. The Morgan fingerprint density at radius 3 is 1.14 bits per heavy atom. The van der Waals surface area contributed by atoms with Crippen LogP contribution in [-0.2, 0) is 9.59 Å². The summed E-state index contributed by atoms with van der Waals surface area (Å²) in [7, 11) is 0. The van der Waals surface area contributed by atoms with E-state index >= 15 is 0 Å². The van der Waals surface area contributed by atoms with Crippen molar-refractivity contribution >= 4 is 60.8 Å². The zero-order chi connectivity index (χ0) is 15.1. The van der Waals surface area contributed by atoms with Crippen LogP contribution in [0.4, 0.5) is 0 Å². The van der Waals surface area contributed by atoms with Crippen molar-refractivity contribution in [1.29, 1.82) is 0 Å². The van der Waals surface area contributed by atoms with Crippen LogP contribution in [0.2, 0.25) is 0 Å². The van der Waals surface area contributed by atoms with Crippen molar-refractivity contribution in [3.63, 3.8) is 0 Å². The average molecular weight is 422 g/mol. The van der Waals surface area contributed by atoms with Gasteiger partial charge >= 0.3 is 48.9 Å². The van der Waals surface area contributed by atoms with E-state index in [9.17, 15) is 30.0 Å². The van der Waals surface area contributed by atoms with Crippen molar-refractivity contribution in [2.45, 2.75) is 63.6 Å². The Kier molecular flexibility index (Phi) is 11.3. The molecular formula is C14H20BaO6-2. The van der Waals surface area contributed by atoms with E-state index < -0.39 is 36.0 Å². The molecule has 0 aromatic heterocycles. The second-order valence-corrected chi connectivity index (χ2v) is 5.50. The number of carbonyl (C=O) groups excluding carboxylic acids is 2. The van der Waals surface area contributed by atoms with Gasteiger partial charge in [-0.3, -0.25) is 0 Å². The van der Waals surface area contributed by atoms with E-state index in [2.05, 4.69) is 0 Å². The molecule has 2 rings (SSSR count). The van der Waals surface area contributed by atoms with E-state index in [4.69, 9.17) is 0 Å². The van der Waals surface area contributed by atoms with Crippen LogP contribution in [0, 0.1) is 11.8 Å². The zero-order valence-electron chi connectivity index (χ0n) is 12.1. The third-order valence-electron chi connectivity index (χ3n) is 4.01. The van der Waals surface area contributed by atoms with Crippen molar-refractivity contribution in [3.8, 4) is 0 Å². The minimum absolute atomic E-state index is 0. The quantitative estimate of drug-likeness (QED) is 0.436. The van der Waals surface area contributed by atoms with Crippen LogP contribution in [-0.4, -0.2) is 73.0 Å². The van der Waals surface area contributed by atoms with Crippen molar-refractivity contribution in [2.75, 3.05) is 0 Å². The molecule has 7 heteroatoms. The normalized spacial score (nSPS) is 32.1. The molecular weight excluding hydrogens is 401 g/mol. The smallest absolute Gasteiger partial charge is 0.851 e. The van der Waals surface area contributed by atoms with Crippen LogP contribution in [0.5, 0.6) is 0 Å². The van der Waals surface area contributed by atoms with E-state index in [1.807, 2.05) is 0 Å². The molecule has 0 radical (unpaired) electrons. The van der Waals surface area contributed by atoms with E-state index in [0.29, 0.717) is 25.7 Å². The van der Waals surface area contributed by atoms with Gasteiger partial charge in [-0.15, -0.1) is 12.2 Å². The third-order valence-corrected chi connectivity index (χ3v) is 4.01. The van der Waals surface area contributed by atoms with E-state index in [1.165, 1.54) is 0 Å². The Bertz CT molecular complexity index is 303. The van der Waals surface area contributed by atoms with Crippen LogP contribution in [0.25, 0.3) is 0 Å². The molecule has 0 aromatic carbocycles. The second kappa shape index (κ2) is 11.0. The Morgan fingerprint density at radius 1 is 0.667 bits per heavy atom. The molecule has 0 amide bonds. The first-order valence-electron chi connectivity index (χ1n) is 7.16. The molecule has 2 saturated carbocycles. The number of carboxylic acid groups (broad SMARTS) is 2. The number of aliphatic carboxylic acids is 2. The average Bonchev–Trinajstić information content (AvgIpc) is 2.40. The first-order valence-corrected chi connectivity index (χ1v) is 7.16. The summed E-state index contributed by atoms with van der Waals surface area (Å²) in [5.41, 5.74) is 0. The summed E-state index contributed by atoms with van der Waals surface area (Å²) < 4.78 is 0. The Hall–Kier alpha value is 0.431. The molecule has 0 heterocycles. The number of rotatable bonds is 2. The Balaban J connectivity index is 0.000000364. The molecule has 2 aliphatic rings. The summed E-state index contributed by atoms with van der Waals surface area (Å²) in [5.74, 6) is -3.79. The molecule has 21 heavy (non-hydrogen) atoms. The molecule has 116 valence electrons. The minimum atomic E-state index is -1.17. The Morgan fingerprint density at radius 2 is 0.952 bits per heavy atom. The van der Waals surface area contributed by atoms with Gasteiger partial charge in [-0.05, 0) is 24.7 Å². The predicted molar refractivity (Wildman–Crippen MR) is 67.3 cm³/mol.